The molecule has 1 heterocycles. The monoisotopic (exact) mass is 262 g/mol. The highest BCUT2D eigenvalue weighted by Crippen LogP contribution is 2.34. The summed E-state index contributed by atoms with van der Waals surface area (Å²) in [7, 11) is 0. The van der Waals surface area contributed by atoms with Crippen LogP contribution in [0.2, 0.25) is 0 Å². The van der Waals surface area contributed by atoms with E-state index in [-0.39, 0.29) is 5.69 Å². The number of carbonyl (C=O) groups excluding carboxylic acids is 1. The van der Waals surface area contributed by atoms with Crippen LogP contribution in [0.5, 0.6) is 0 Å². The van der Waals surface area contributed by atoms with Crippen molar-refractivity contribution in [2.75, 3.05) is 18.0 Å². The number of benzene rings is 1. The van der Waals surface area contributed by atoms with Gasteiger partial charge in [-0.25, -0.2) is 0 Å². The van der Waals surface area contributed by atoms with Crippen molar-refractivity contribution in [2.24, 2.45) is 11.8 Å². The van der Waals surface area contributed by atoms with Gasteiger partial charge < -0.3 is 4.90 Å². The molecule has 1 unspecified atom stereocenters. The van der Waals surface area contributed by atoms with Gasteiger partial charge in [-0.15, -0.1) is 0 Å². The van der Waals surface area contributed by atoms with Gasteiger partial charge in [-0.05, 0) is 30.4 Å². The number of nitro groups is 1. The Morgan fingerprint density at radius 3 is 2.74 bits per heavy atom. The SMILES string of the molecule is CC(C)C1CCN(c2ccc(C=O)cc2[N+](=O)[O-])C1. The molecule has 1 saturated heterocycles. The highest BCUT2D eigenvalue weighted by atomic mass is 16.6. The fourth-order valence-electron chi connectivity index (χ4n) is 2.58. The zero-order valence-corrected chi connectivity index (χ0v) is 11.2. The molecule has 0 N–H and O–H groups in total. The first-order valence-electron chi connectivity index (χ1n) is 6.51. The maximum atomic E-state index is 11.1. The van der Waals surface area contributed by atoms with E-state index in [2.05, 4.69) is 18.7 Å². The van der Waals surface area contributed by atoms with Gasteiger partial charge >= 0.3 is 0 Å². The Labute approximate surface area is 112 Å². The van der Waals surface area contributed by atoms with Crippen LogP contribution in [0, 0.1) is 22.0 Å². The molecule has 5 nitrogen and oxygen atoms in total. The summed E-state index contributed by atoms with van der Waals surface area (Å²) in [5.41, 5.74) is 0.989. The van der Waals surface area contributed by atoms with E-state index in [1.807, 2.05) is 0 Å². The summed E-state index contributed by atoms with van der Waals surface area (Å²) < 4.78 is 0. The number of carbonyl (C=O) groups is 1. The molecule has 1 aliphatic rings. The Bertz CT molecular complexity index is 499. The Balaban J connectivity index is 2.30. The molecule has 0 saturated carbocycles. The van der Waals surface area contributed by atoms with Crippen LogP contribution in [-0.4, -0.2) is 24.3 Å². The van der Waals surface area contributed by atoms with Crippen LogP contribution in [0.25, 0.3) is 0 Å². The highest BCUT2D eigenvalue weighted by Gasteiger charge is 2.29. The maximum Gasteiger partial charge on any atom is 0.293 e. The summed E-state index contributed by atoms with van der Waals surface area (Å²) in [6, 6.07) is 4.67. The second-order valence-corrected chi connectivity index (χ2v) is 5.36. The van der Waals surface area contributed by atoms with Crippen LogP contribution in [0.1, 0.15) is 30.6 Å². The van der Waals surface area contributed by atoms with E-state index >= 15 is 0 Å². The van der Waals surface area contributed by atoms with Crippen molar-refractivity contribution in [2.45, 2.75) is 20.3 Å². The minimum Gasteiger partial charge on any atom is -0.366 e. The average Bonchev–Trinajstić information content (AvgIpc) is 2.87. The highest BCUT2D eigenvalue weighted by molar-refractivity contribution is 5.79. The number of anilines is 1. The molecule has 5 heteroatoms. The molecule has 1 aliphatic heterocycles. The van der Waals surface area contributed by atoms with E-state index in [9.17, 15) is 14.9 Å². The van der Waals surface area contributed by atoms with Crippen molar-refractivity contribution >= 4 is 17.7 Å². The second-order valence-electron chi connectivity index (χ2n) is 5.36. The first-order valence-corrected chi connectivity index (χ1v) is 6.51. The standard InChI is InChI=1S/C14H18N2O3/c1-10(2)12-5-6-15(8-12)13-4-3-11(9-17)7-14(13)16(18)19/h3-4,7,9-10,12H,5-6,8H2,1-2H3. The van der Waals surface area contributed by atoms with Gasteiger partial charge in [-0.2, -0.15) is 0 Å². The van der Waals surface area contributed by atoms with Crippen LogP contribution < -0.4 is 4.90 Å². The first kappa shape index (κ1) is 13.5. The van der Waals surface area contributed by atoms with Crippen LogP contribution in [0.3, 0.4) is 0 Å². The van der Waals surface area contributed by atoms with Crippen molar-refractivity contribution in [3.63, 3.8) is 0 Å². The summed E-state index contributed by atoms with van der Waals surface area (Å²) >= 11 is 0. The molecule has 0 radical (unpaired) electrons. The van der Waals surface area contributed by atoms with E-state index < -0.39 is 4.92 Å². The summed E-state index contributed by atoms with van der Waals surface area (Å²) in [6.07, 6.45) is 1.70. The number of hydrogen-bond donors (Lipinski definition) is 0. The molecule has 1 fully saturated rings. The number of rotatable bonds is 4. The first-order chi connectivity index (χ1) is 9.02. The van der Waals surface area contributed by atoms with Gasteiger partial charge in [0, 0.05) is 24.7 Å². The summed E-state index contributed by atoms with van der Waals surface area (Å²) in [5.74, 6) is 1.16. The van der Waals surface area contributed by atoms with E-state index in [1.54, 1.807) is 12.1 Å². The van der Waals surface area contributed by atoms with Crippen molar-refractivity contribution < 1.29 is 9.72 Å². The Hall–Kier alpha value is -1.91. The van der Waals surface area contributed by atoms with Gasteiger partial charge in [0.05, 0.1) is 4.92 Å². The van der Waals surface area contributed by atoms with E-state index in [0.29, 0.717) is 29.4 Å². The zero-order valence-electron chi connectivity index (χ0n) is 11.2. The number of nitrogens with zero attached hydrogens (tertiary/aromatic N) is 2. The van der Waals surface area contributed by atoms with E-state index in [0.717, 1.165) is 19.5 Å². The Morgan fingerprint density at radius 2 is 2.21 bits per heavy atom. The minimum absolute atomic E-state index is 0.0222. The van der Waals surface area contributed by atoms with Gasteiger partial charge in [-0.3, -0.25) is 14.9 Å². The molecule has 0 bridgehead atoms. The number of nitro benzene ring substituents is 1. The lowest BCUT2D eigenvalue weighted by molar-refractivity contribution is -0.384. The number of hydrogen-bond acceptors (Lipinski definition) is 4. The third kappa shape index (κ3) is 2.75. The molecule has 0 aliphatic carbocycles. The van der Waals surface area contributed by atoms with E-state index in [1.165, 1.54) is 6.07 Å². The summed E-state index contributed by atoms with van der Waals surface area (Å²) in [6.45, 7) is 6.04. The predicted molar refractivity (Wildman–Crippen MR) is 73.6 cm³/mol. The smallest absolute Gasteiger partial charge is 0.293 e. The lowest BCUT2D eigenvalue weighted by Crippen LogP contribution is -2.22. The molecule has 1 aromatic rings. The lowest BCUT2D eigenvalue weighted by Gasteiger charge is -2.20. The third-order valence-electron chi connectivity index (χ3n) is 3.84. The molecule has 2 rings (SSSR count). The Morgan fingerprint density at radius 1 is 1.47 bits per heavy atom. The van der Waals surface area contributed by atoms with Gasteiger partial charge in [0.2, 0.25) is 0 Å². The van der Waals surface area contributed by atoms with Crippen molar-refractivity contribution in [1.82, 2.24) is 0 Å². The largest absolute Gasteiger partial charge is 0.366 e. The maximum absolute atomic E-state index is 11.1. The van der Waals surface area contributed by atoms with Gasteiger partial charge in [0.25, 0.3) is 5.69 Å². The third-order valence-corrected chi connectivity index (χ3v) is 3.84. The zero-order chi connectivity index (χ0) is 14.0. The molecule has 102 valence electrons. The van der Waals surface area contributed by atoms with Gasteiger partial charge in [0.15, 0.2) is 0 Å². The molecule has 0 aromatic heterocycles. The Kier molecular flexibility index (Phi) is 3.83. The molecular formula is C14H18N2O3. The lowest BCUT2D eigenvalue weighted by atomic mass is 9.95. The summed E-state index contributed by atoms with van der Waals surface area (Å²) in [4.78, 5) is 23.5. The normalized spacial score (nSPS) is 18.9. The van der Waals surface area contributed by atoms with Crippen LogP contribution in [0.15, 0.2) is 18.2 Å². The van der Waals surface area contributed by atoms with Crippen molar-refractivity contribution in [1.29, 1.82) is 0 Å². The molecule has 0 amide bonds. The molecule has 1 atom stereocenters. The van der Waals surface area contributed by atoms with Crippen molar-refractivity contribution in [3.8, 4) is 0 Å². The minimum atomic E-state index is -0.412. The van der Waals surface area contributed by atoms with Crippen LogP contribution >= 0.6 is 0 Å². The molecule has 0 spiro atoms. The fraction of sp³-hybridized carbons (Fsp3) is 0.500. The molecule has 19 heavy (non-hydrogen) atoms. The summed E-state index contributed by atoms with van der Waals surface area (Å²) in [5, 5.41) is 11.1. The van der Waals surface area contributed by atoms with Crippen molar-refractivity contribution in [3.05, 3.63) is 33.9 Å². The second kappa shape index (κ2) is 5.38. The fourth-order valence-corrected chi connectivity index (χ4v) is 2.58. The van der Waals surface area contributed by atoms with E-state index in [4.69, 9.17) is 0 Å². The predicted octanol–water partition coefficient (Wildman–Crippen LogP) is 2.89. The van der Waals surface area contributed by atoms with Crippen LogP contribution in [0.4, 0.5) is 11.4 Å². The molecule has 1 aromatic carbocycles. The average molecular weight is 262 g/mol. The van der Waals surface area contributed by atoms with Gasteiger partial charge in [-0.1, -0.05) is 13.8 Å². The number of aldehydes is 1. The molecular weight excluding hydrogens is 244 g/mol. The topological polar surface area (TPSA) is 63.5 Å². The van der Waals surface area contributed by atoms with Gasteiger partial charge in [0.1, 0.15) is 12.0 Å². The van der Waals surface area contributed by atoms with Crippen LogP contribution in [-0.2, 0) is 0 Å². The quantitative estimate of drug-likeness (QED) is 0.475.